The summed E-state index contributed by atoms with van der Waals surface area (Å²) in [5.74, 6) is -0.619. The molecule has 1 amide bonds. The molecule has 2 aromatic rings. The molecule has 23 heavy (non-hydrogen) atoms. The van der Waals surface area contributed by atoms with Crippen molar-refractivity contribution >= 4 is 5.91 Å². The van der Waals surface area contributed by atoms with Gasteiger partial charge in [-0.2, -0.15) is 13.2 Å². The molecule has 1 heterocycles. The van der Waals surface area contributed by atoms with Crippen LogP contribution in [0.4, 0.5) is 13.2 Å². The minimum absolute atomic E-state index is 0.130. The van der Waals surface area contributed by atoms with Gasteiger partial charge >= 0.3 is 6.18 Å². The molecule has 122 valence electrons. The first kappa shape index (κ1) is 16.5. The Balaban J connectivity index is 2.01. The smallest absolute Gasteiger partial charge is 0.350 e. The number of benzene rings is 1. The maximum absolute atomic E-state index is 12.6. The van der Waals surface area contributed by atoms with Crippen LogP contribution in [0.25, 0.3) is 0 Å². The molecule has 0 spiro atoms. The van der Waals surface area contributed by atoms with Gasteiger partial charge in [-0.3, -0.25) is 19.5 Å². The van der Waals surface area contributed by atoms with E-state index in [2.05, 4.69) is 10.4 Å². The van der Waals surface area contributed by atoms with Crippen LogP contribution in [0, 0.1) is 0 Å². The third kappa shape index (κ3) is 4.56. The van der Waals surface area contributed by atoms with Gasteiger partial charge in [0.15, 0.2) is 0 Å². The number of H-pyrrole nitrogens is 1. The molecule has 0 unspecified atom stereocenters. The van der Waals surface area contributed by atoms with Gasteiger partial charge < -0.3 is 5.32 Å². The van der Waals surface area contributed by atoms with Crippen LogP contribution in [-0.4, -0.2) is 15.7 Å². The molecule has 9 heteroatoms. The molecule has 2 rings (SSSR count). The zero-order chi connectivity index (χ0) is 17.0. The van der Waals surface area contributed by atoms with Gasteiger partial charge in [-0.15, -0.1) is 0 Å². The summed E-state index contributed by atoms with van der Waals surface area (Å²) in [6.45, 7) is -0.567. The van der Waals surface area contributed by atoms with Crippen LogP contribution in [0.1, 0.15) is 11.1 Å². The van der Waals surface area contributed by atoms with Crippen LogP contribution in [0.3, 0.4) is 0 Å². The Hall–Kier alpha value is -2.84. The molecule has 0 aliphatic rings. The number of nitrogens with one attached hydrogen (secondary N) is 2. The van der Waals surface area contributed by atoms with E-state index in [1.54, 1.807) is 0 Å². The van der Waals surface area contributed by atoms with E-state index >= 15 is 0 Å². The number of rotatable bonds is 4. The van der Waals surface area contributed by atoms with Crippen LogP contribution in [-0.2, 0) is 24.1 Å². The minimum Gasteiger partial charge on any atom is -0.350 e. The number of halogens is 3. The van der Waals surface area contributed by atoms with Gasteiger partial charge in [0.2, 0.25) is 5.91 Å². The first-order chi connectivity index (χ1) is 10.8. The molecule has 1 aromatic heterocycles. The Morgan fingerprint density at radius 3 is 2.61 bits per heavy atom. The van der Waals surface area contributed by atoms with E-state index in [1.165, 1.54) is 12.1 Å². The van der Waals surface area contributed by atoms with Gasteiger partial charge in [0.05, 0.1) is 5.56 Å². The highest BCUT2D eigenvalue weighted by Crippen LogP contribution is 2.29. The third-order valence-corrected chi connectivity index (χ3v) is 2.93. The van der Waals surface area contributed by atoms with E-state index in [9.17, 15) is 27.6 Å². The van der Waals surface area contributed by atoms with E-state index in [-0.39, 0.29) is 12.1 Å². The van der Waals surface area contributed by atoms with Gasteiger partial charge in [-0.25, -0.2) is 4.68 Å². The lowest BCUT2D eigenvalue weighted by Crippen LogP contribution is -2.35. The summed E-state index contributed by atoms with van der Waals surface area (Å²) in [4.78, 5) is 34.2. The molecular formula is C14H12F3N3O3. The number of carbonyl (C=O) groups excluding carboxylic acids is 1. The van der Waals surface area contributed by atoms with Crippen molar-refractivity contribution in [3.05, 3.63) is 68.2 Å². The molecule has 6 nitrogen and oxygen atoms in total. The fourth-order valence-electron chi connectivity index (χ4n) is 1.84. The number of alkyl halides is 3. The van der Waals surface area contributed by atoms with Crippen molar-refractivity contribution in [2.45, 2.75) is 19.3 Å². The Labute approximate surface area is 127 Å². The predicted octanol–water partition coefficient (Wildman–Crippen LogP) is 0.872. The average molecular weight is 327 g/mol. The van der Waals surface area contributed by atoms with Crippen LogP contribution in [0.2, 0.25) is 0 Å². The molecular weight excluding hydrogens is 315 g/mol. The number of carbonyl (C=O) groups is 1. The minimum atomic E-state index is -4.46. The van der Waals surface area contributed by atoms with Crippen LogP contribution < -0.4 is 16.4 Å². The summed E-state index contributed by atoms with van der Waals surface area (Å²) in [6, 6.07) is 6.57. The second-order valence-corrected chi connectivity index (χ2v) is 4.71. The summed E-state index contributed by atoms with van der Waals surface area (Å²) >= 11 is 0. The maximum Gasteiger partial charge on any atom is 0.416 e. The van der Waals surface area contributed by atoms with Crippen LogP contribution in [0.5, 0.6) is 0 Å². The second kappa shape index (κ2) is 6.51. The topological polar surface area (TPSA) is 84.0 Å². The summed E-state index contributed by atoms with van der Waals surface area (Å²) in [5.41, 5.74) is -1.66. The van der Waals surface area contributed by atoms with Crippen molar-refractivity contribution in [1.29, 1.82) is 0 Å². The largest absolute Gasteiger partial charge is 0.416 e. The summed E-state index contributed by atoms with van der Waals surface area (Å²) in [7, 11) is 0. The first-order valence-corrected chi connectivity index (χ1v) is 6.49. The lowest BCUT2D eigenvalue weighted by Gasteiger charge is -2.10. The van der Waals surface area contributed by atoms with Gasteiger partial charge in [-0.05, 0) is 17.7 Å². The van der Waals surface area contributed by atoms with Crippen LogP contribution >= 0.6 is 0 Å². The highest BCUT2D eigenvalue weighted by atomic mass is 19.4. The maximum atomic E-state index is 12.6. The lowest BCUT2D eigenvalue weighted by molar-refractivity contribution is -0.137. The molecule has 0 bridgehead atoms. The molecule has 0 fully saturated rings. The second-order valence-electron chi connectivity index (χ2n) is 4.71. The van der Waals surface area contributed by atoms with Crippen LogP contribution in [0.15, 0.2) is 46.0 Å². The number of hydrogen-bond donors (Lipinski definition) is 2. The zero-order valence-electron chi connectivity index (χ0n) is 11.7. The first-order valence-electron chi connectivity index (χ1n) is 6.49. The number of aromatic amines is 1. The Morgan fingerprint density at radius 2 is 1.91 bits per heavy atom. The quantitative estimate of drug-likeness (QED) is 0.874. The standard InChI is InChI=1S/C14H12F3N3O3/c15-14(16,17)10-3-1-2-9(6-10)7-18-12(22)8-20-13(23)5-4-11(21)19-20/h1-6H,7-8H2,(H,18,22)(H,19,21). The molecule has 0 aliphatic carbocycles. The Bertz CT molecular complexity index is 824. The van der Waals surface area contributed by atoms with E-state index in [0.29, 0.717) is 0 Å². The number of amides is 1. The van der Waals surface area contributed by atoms with Crippen molar-refractivity contribution in [3.63, 3.8) is 0 Å². The molecule has 2 N–H and O–H groups in total. The molecule has 0 radical (unpaired) electrons. The monoisotopic (exact) mass is 327 g/mol. The van der Waals surface area contributed by atoms with Gasteiger partial charge in [0, 0.05) is 18.7 Å². The van der Waals surface area contributed by atoms with E-state index in [0.717, 1.165) is 28.9 Å². The molecule has 1 aromatic carbocycles. The van der Waals surface area contributed by atoms with Crippen molar-refractivity contribution in [2.24, 2.45) is 0 Å². The molecule has 0 aliphatic heterocycles. The fraction of sp³-hybridized carbons (Fsp3) is 0.214. The van der Waals surface area contributed by atoms with Gasteiger partial charge in [0.25, 0.3) is 11.1 Å². The Morgan fingerprint density at radius 1 is 1.17 bits per heavy atom. The van der Waals surface area contributed by atoms with Crippen molar-refractivity contribution < 1.29 is 18.0 Å². The van der Waals surface area contributed by atoms with Gasteiger partial charge in [0.1, 0.15) is 6.54 Å². The molecule has 0 atom stereocenters. The van der Waals surface area contributed by atoms with Crippen molar-refractivity contribution in [2.75, 3.05) is 0 Å². The SMILES string of the molecule is O=C(Cn1[nH]c(=O)ccc1=O)NCc1cccc(C(F)(F)F)c1. The van der Waals surface area contributed by atoms with E-state index in [4.69, 9.17) is 0 Å². The number of aromatic nitrogens is 2. The van der Waals surface area contributed by atoms with Crippen molar-refractivity contribution in [1.82, 2.24) is 15.1 Å². The predicted molar refractivity (Wildman–Crippen MR) is 74.6 cm³/mol. The average Bonchev–Trinajstić information content (AvgIpc) is 2.48. The lowest BCUT2D eigenvalue weighted by atomic mass is 10.1. The number of hydrogen-bond acceptors (Lipinski definition) is 3. The third-order valence-electron chi connectivity index (χ3n) is 2.93. The molecule has 0 saturated heterocycles. The summed E-state index contributed by atoms with van der Waals surface area (Å²) < 4.78 is 38.5. The zero-order valence-corrected chi connectivity index (χ0v) is 11.7. The number of nitrogens with zero attached hydrogens (tertiary/aromatic N) is 1. The highest BCUT2D eigenvalue weighted by molar-refractivity contribution is 5.75. The summed E-state index contributed by atoms with van der Waals surface area (Å²) in [6.07, 6.45) is -4.46. The van der Waals surface area contributed by atoms with E-state index < -0.39 is 35.3 Å². The fourth-order valence-corrected chi connectivity index (χ4v) is 1.84. The van der Waals surface area contributed by atoms with E-state index in [1.807, 2.05) is 0 Å². The normalized spacial score (nSPS) is 11.3. The molecule has 0 saturated carbocycles. The summed E-state index contributed by atoms with van der Waals surface area (Å²) in [5, 5.41) is 4.56. The van der Waals surface area contributed by atoms with Gasteiger partial charge in [-0.1, -0.05) is 12.1 Å². The Kier molecular flexibility index (Phi) is 4.68. The van der Waals surface area contributed by atoms with Crippen molar-refractivity contribution in [3.8, 4) is 0 Å². The highest BCUT2D eigenvalue weighted by Gasteiger charge is 2.30.